The minimum atomic E-state index is -0.354. The van der Waals surface area contributed by atoms with Crippen LogP contribution in [0.2, 0.25) is 0 Å². The fraction of sp³-hybridized carbons (Fsp3) is 0.720. The smallest absolute Gasteiger partial charge is 0.248 e. The molecule has 1 unspecified atom stereocenters. The Balaban J connectivity index is 1.37. The maximum Gasteiger partial charge on any atom is 0.248 e. The molecule has 0 spiro atoms. The number of hydrogen-bond acceptors (Lipinski definition) is 4. The summed E-state index contributed by atoms with van der Waals surface area (Å²) in [4.78, 5) is 16.2. The SMILES string of the molecule is CC(C)Oc1ccc(Br)c(CC2CCN(CCCC3CCCN(C(=O)CO)C3)CC2)c1. The number of ether oxygens (including phenoxy) is 1. The molecule has 6 heteroatoms. The van der Waals surface area contributed by atoms with Gasteiger partial charge in [-0.25, -0.2) is 0 Å². The molecular weight excluding hydrogens is 456 g/mol. The van der Waals surface area contributed by atoms with Crippen LogP contribution in [0.1, 0.15) is 57.9 Å². The molecular formula is C25H39BrN2O3. The highest BCUT2D eigenvalue weighted by Gasteiger charge is 2.24. The van der Waals surface area contributed by atoms with Gasteiger partial charge in [-0.2, -0.15) is 0 Å². The minimum absolute atomic E-state index is 0.111. The largest absolute Gasteiger partial charge is 0.491 e. The zero-order valence-electron chi connectivity index (χ0n) is 19.2. The van der Waals surface area contributed by atoms with Crippen molar-refractivity contribution in [2.24, 2.45) is 11.8 Å². The van der Waals surface area contributed by atoms with Gasteiger partial charge < -0.3 is 19.6 Å². The van der Waals surface area contributed by atoms with E-state index in [9.17, 15) is 4.79 Å². The van der Waals surface area contributed by atoms with Crippen molar-refractivity contribution in [2.75, 3.05) is 39.3 Å². The lowest BCUT2D eigenvalue weighted by atomic mass is 9.89. The molecule has 1 amide bonds. The van der Waals surface area contributed by atoms with E-state index in [0.717, 1.165) is 37.6 Å². The number of benzene rings is 1. The van der Waals surface area contributed by atoms with Gasteiger partial charge in [0.25, 0.3) is 0 Å². The molecule has 31 heavy (non-hydrogen) atoms. The minimum Gasteiger partial charge on any atom is -0.491 e. The van der Waals surface area contributed by atoms with Crippen LogP contribution in [0.4, 0.5) is 0 Å². The lowest BCUT2D eigenvalue weighted by Crippen LogP contribution is -2.41. The maximum absolute atomic E-state index is 11.7. The molecule has 1 N–H and O–H groups in total. The van der Waals surface area contributed by atoms with Crippen LogP contribution in [0.15, 0.2) is 22.7 Å². The number of rotatable bonds is 9. The van der Waals surface area contributed by atoms with Gasteiger partial charge in [0.05, 0.1) is 6.10 Å². The first-order valence-electron chi connectivity index (χ1n) is 12.0. The molecule has 0 aliphatic carbocycles. The predicted octanol–water partition coefficient (Wildman–Crippen LogP) is 4.50. The fourth-order valence-corrected chi connectivity index (χ4v) is 5.42. The van der Waals surface area contributed by atoms with Gasteiger partial charge in [0.1, 0.15) is 12.4 Å². The van der Waals surface area contributed by atoms with Crippen molar-refractivity contribution in [3.8, 4) is 5.75 Å². The monoisotopic (exact) mass is 494 g/mol. The average Bonchev–Trinajstić information content (AvgIpc) is 2.76. The number of halogens is 1. The lowest BCUT2D eigenvalue weighted by Gasteiger charge is -2.34. The third kappa shape index (κ3) is 7.76. The molecule has 0 bridgehead atoms. The normalized spacial score (nSPS) is 20.9. The summed E-state index contributed by atoms with van der Waals surface area (Å²) in [6, 6.07) is 6.36. The number of amides is 1. The van der Waals surface area contributed by atoms with Crippen LogP contribution in [-0.2, 0) is 11.2 Å². The van der Waals surface area contributed by atoms with E-state index in [1.807, 2.05) is 11.0 Å². The predicted molar refractivity (Wildman–Crippen MR) is 128 cm³/mol. The van der Waals surface area contributed by atoms with E-state index in [-0.39, 0.29) is 18.6 Å². The van der Waals surface area contributed by atoms with Gasteiger partial charge in [0.2, 0.25) is 5.91 Å². The van der Waals surface area contributed by atoms with Gasteiger partial charge >= 0.3 is 0 Å². The second-order valence-electron chi connectivity index (χ2n) is 9.56. The van der Waals surface area contributed by atoms with Gasteiger partial charge in [-0.1, -0.05) is 15.9 Å². The van der Waals surface area contributed by atoms with Crippen molar-refractivity contribution in [1.82, 2.24) is 9.80 Å². The lowest BCUT2D eigenvalue weighted by molar-refractivity contribution is -0.136. The van der Waals surface area contributed by atoms with Gasteiger partial charge in [-0.15, -0.1) is 0 Å². The van der Waals surface area contributed by atoms with Crippen molar-refractivity contribution in [3.05, 3.63) is 28.2 Å². The Hall–Kier alpha value is -1.11. The van der Waals surface area contributed by atoms with E-state index in [1.165, 1.54) is 61.8 Å². The van der Waals surface area contributed by atoms with Gasteiger partial charge in [-0.05, 0) is 114 Å². The molecule has 2 aliphatic rings. The van der Waals surface area contributed by atoms with Crippen LogP contribution >= 0.6 is 15.9 Å². The molecule has 2 fully saturated rings. The van der Waals surface area contributed by atoms with Crippen molar-refractivity contribution in [1.29, 1.82) is 0 Å². The number of likely N-dealkylation sites (tertiary alicyclic amines) is 2. The Morgan fingerprint density at radius 2 is 1.97 bits per heavy atom. The molecule has 174 valence electrons. The first-order valence-corrected chi connectivity index (χ1v) is 12.8. The Morgan fingerprint density at radius 3 is 2.68 bits per heavy atom. The summed E-state index contributed by atoms with van der Waals surface area (Å²) >= 11 is 3.72. The zero-order valence-corrected chi connectivity index (χ0v) is 20.8. The van der Waals surface area contributed by atoms with Crippen molar-refractivity contribution in [2.45, 2.75) is 64.9 Å². The Kier molecular flexibility index (Phi) is 9.67. The number of hydrogen-bond donors (Lipinski definition) is 1. The molecule has 0 radical (unpaired) electrons. The van der Waals surface area contributed by atoms with Crippen molar-refractivity contribution < 1.29 is 14.6 Å². The van der Waals surface area contributed by atoms with E-state index >= 15 is 0 Å². The molecule has 2 heterocycles. The number of aliphatic hydroxyl groups excluding tert-OH is 1. The van der Waals surface area contributed by atoms with Gasteiger partial charge in [-0.3, -0.25) is 4.79 Å². The Labute approximate surface area is 196 Å². The molecule has 0 aromatic heterocycles. The zero-order chi connectivity index (χ0) is 22.2. The van der Waals surface area contributed by atoms with Crippen LogP contribution in [0, 0.1) is 11.8 Å². The standard InChI is InChI=1S/C25H39BrN2O3/c1-19(2)31-23-7-8-24(26)22(16-23)15-20-9-13-27(14-10-20)11-3-5-21-6-4-12-28(17-21)25(30)18-29/h7-8,16,19-21,29H,3-6,9-15,17-18H2,1-2H3. The first kappa shape index (κ1) is 24.5. The molecule has 2 saturated heterocycles. The number of nitrogens with zero attached hydrogens (tertiary/aromatic N) is 2. The summed E-state index contributed by atoms with van der Waals surface area (Å²) in [5.41, 5.74) is 1.36. The highest BCUT2D eigenvalue weighted by molar-refractivity contribution is 9.10. The summed E-state index contributed by atoms with van der Waals surface area (Å²) < 4.78 is 7.06. The van der Waals surface area contributed by atoms with Gasteiger partial charge in [0.15, 0.2) is 0 Å². The third-order valence-electron chi connectivity index (χ3n) is 6.70. The average molecular weight is 496 g/mol. The number of aliphatic hydroxyl groups is 1. The molecule has 3 rings (SSSR count). The van der Waals surface area contributed by atoms with E-state index in [0.29, 0.717) is 5.92 Å². The van der Waals surface area contributed by atoms with Crippen molar-refractivity contribution in [3.63, 3.8) is 0 Å². The highest BCUT2D eigenvalue weighted by atomic mass is 79.9. The second kappa shape index (κ2) is 12.2. The topological polar surface area (TPSA) is 53.0 Å². The fourth-order valence-electron chi connectivity index (χ4n) is 5.01. The van der Waals surface area contributed by atoms with E-state index < -0.39 is 0 Å². The van der Waals surface area contributed by atoms with Crippen LogP contribution < -0.4 is 4.74 Å². The summed E-state index contributed by atoms with van der Waals surface area (Å²) in [5.74, 6) is 2.19. The number of carbonyl (C=O) groups is 1. The number of piperidine rings is 2. The number of carbonyl (C=O) groups excluding carboxylic acids is 1. The first-order chi connectivity index (χ1) is 14.9. The summed E-state index contributed by atoms with van der Waals surface area (Å²) in [5, 5.41) is 9.09. The quantitative estimate of drug-likeness (QED) is 0.548. The molecule has 1 atom stereocenters. The van der Waals surface area contributed by atoms with Gasteiger partial charge in [0, 0.05) is 17.6 Å². The summed E-state index contributed by atoms with van der Waals surface area (Å²) in [6.45, 7) is 8.95. The van der Waals surface area contributed by atoms with E-state index in [2.05, 4.69) is 46.8 Å². The van der Waals surface area contributed by atoms with Crippen LogP contribution in [0.25, 0.3) is 0 Å². The molecule has 1 aromatic rings. The molecule has 5 nitrogen and oxygen atoms in total. The molecule has 2 aliphatic heterocycles. The van der Waals surface area contributed by atoms with Crippen LogP contribution in [0.5, 0.6) is 5.75 Å². The Morgan fingerprint density at radius 1 is 1.19 bits per heavy atom. The van der Waals surface area contributed by atoms with Crippen molar-refractivity contribution >= 4 is 21.8 Å². The maximum atomic E-state index is 11.7. The third-order valence-corrected chi connectivity index (χ3v) is 7.47. The summed E-state index contributed by atoms with van der Waals surface area (Å²) in [6.07, 6.45) is 8.49. The van der Waals surface area contributed by atoms with Crippen LogP contribution in [0.3, 0.4) is 0 Å². The molecule has 1 aromatic carbocycles. The van der Waals surface area contributed by atoms with Crippen LogP contribution in [-0.4, -0.2) is 66.2 Å². The van der Waals surface area contributed by atoms with E-state index in [1.54, 1.807) is 0 Å². The van der Waals surface area contributed by atoms with E-state index in [4.69, 9.17) is 9.84 Å². The second-order valence-corrected chi connectivity index (χ2v) is 10.4. The molecule has 0 saturated carbocycles. The summed E-state index contributed by atoms with van der Waals surface area (Å²) in [7, 11) is 0. The highest BCUT2D eigenvalue weighted by Crippen LogP contribution is 2.29. The Bertz CT molecular complexity index is 704.